The standard InChI is InChI=1S/C17H26F2N4S/c1-17(2,24-4)11-21-16(20-3)22-13-7-8-23(10-13)15-6-5-12(18)9-14(15)19/h5-6,9,13H,7-8,10-11H2,1-4H3,(H2,20,21,22). The molecular formula is C17H26F2N4S. The van der Waals surface area contributed by atoms with Crippen LogP contribution in [0.4, 0.5) is 14.5 Å². The Morgan fingerprint density at radius 1 is 1.42 bits per heavy atom. The van der Waals surface area contributed by atoms with Gasteiger partial charge in [0.15, 0.2) is 5.96 Å². The summed E-state index contributed by atoms with van der Waals surface area (Å²) in [6.07, 6.45) is 2.97. The topological polar surface area (TPSA) is 39.7 Å². The van der Waals surface area contributed by atoms with Crippen molar-refractivity contribution in [3.63, 3.8) is 0 Å². The van der Waals surface area contributed by atoms with Gasteiger partial charge in [0.1, 0.15) is 11.6 Å². The maximum atomic E-state index is 13.9. The number of aliphatic imine (C=N–C) groups is 1. The van der Waals surface area contributed by atoms with E-state index in [1.54, 1.807) is 18.8 Å². The van der Waals surface area contributed by atoms with Gasteiger partial charge in [0.25, 0.3) is 0 Å². The third-order valence-corrected chi connectivity index (χ3v) is 5.49. The summed E-state index contributed by atoms with van der Waals surface area (Å²) >= 11 is 1.80. The maximum Gasteiger partial charge on any atom is 0.191 e. The summed E-state index contributed by atoms with van der Waals surface area (Å²) in [5.41, 5.74) is 0.451. The average Bonchev–Trinajstić information content (AvgIpc) is 2.99. The minimum atomic E-state index is -0.550. The van der Waals surface area contributed by atoms with Gasteiger partial charge >= 0.3 is 0 Å². The fourth-order valence-electron chi connectivity index (χ4n) is 2.59. The molecule has 1 aliphatic rings. The van der Waals surface area contributed by atoms with Gasteiger partial charge in [0.05, 0.1) is 5.69 Å². The summed E-state index contributed by atoms with van der Waals surface area (Å²) in [5.74, 6) is -0.311. The number of nitrogens with one attached hydrogen (secondary N) is 2. The van der Waals surface area contributed by atoms with Gasteiger partial charge < -0.3 is 15.5 Å². The molecular weight excluding hydrogens is 330 g/mol. The molecule has 1 atom stereocenters. The molecule has 2 rings (SSSR count). The fourth-order valence-corrected chi connectivity index (χ4v) is 2.81. The van der Waals surface area contributed by atoms with Gasteiger partial charge in [0.2, 0.25) is 0 Å². The molecule has 0 bridgehead atoms. The van der Waals surface area contributed by atoms with Gasteiger partial charge in [-0.3, -0.25) is 4.99 Å². The van der Waals surface area contributed by atoms with Crippen LogP contribution in [-0.2, 0) is 0 Å². The quantitative estimate of drug-likeness (QED) is 0.629. The molecule has 1 aromatic carbocycles. The molecule has 1 heterocycles. The first-order valence-corrected chi connectivity index (χ1v) is 9.29. The molecule has 0 amide bonds. The summed E-state index contributed by atoms with van der Waals surface area (Å²) in [7, 11) is 1.74. The highest BCUT2D eigenvalue weighted by Crippen LogP contribution is 2.24. The lowest BCUT2D eigenvalue weighted by atomic mass is 10.2. The number of guanidine groups is 1. The summed E-state index contributed by atoms with van der Waals surface area (Å²) < 4.78 is 27.1. The average molecular weight is 356 g/mol. The van der Waals surface area contributed by atoms with E-state index in [4.69, 9.17) is 0 Å². The Morgan fingerprint density at radius 3 is 2.79 bits per heavy atom. The van der Waals surface area contributed by atoms with Gasteiger partial charge in [-0.1, -0.05) is 0 Å². The van der Waals surface area contributed by atoms with Gasteiger partial charge in [-0.2, -0.15) is 11.8 Å². The third kappa shape index (κ3) is 5.00. The number of thioether (sulfide) groups is 1. The largest absolute Gasteiger partial charge is 0.367 e. The molecule has 4 nitrogen and oxygen atoms in total. The highest BCUT2D eigenvalue weighted by atomic mass is 32.2. The highest BCUT2D eigenvalue weighted by molar-refractivity contribution is 7.99. The number of halogens is 2. The Morgan fingerprint density at radius 2 is 2.17 bits per heavy atom. The third-order valence-electron chi connectivity index (χ3n) is 4.24. The van der Waals surface area contributed by atoms with E-state index in [2.05, 4.69) is 35.7 Å². The molecule has 1 unspecified atom stereocenters. The van der Waals surface area contributed by atoms with Crippen LogP contribution in [0.2, 0.25) is 0 Å². The van der Waals surface area contributed by atoms with E-state index in [-0.39, 0.29) is 10.8 Å². The van der Waals surface area contributed by atoms with Crippen molar-refractivity contribution in [3.05, 3.63) is 29.8 Å². The van der Waals surface area contributed by atoms with E-state index in [9.17, 15) is 8.78 Å². The molecule has 1 aromatic rings. The minimum absolute atomic E-state index is 0.122. The van der Waals surface area contributed by atoms with Crippen LogP contribution in [0.25, 0.3) is 0 Å². The van der Waals surface area contributed by atoms with Crippen LogP contribution >= 0.6 is 11.8 Å². The van der Waals surface area contributed by atoms with Gasteiger partial charge in [0, 0.05) is 43.5 Å². The maximum absolute atomic E-state index is 13.9. The summed E-state index contributed by atoms with van der Waals surface area (Å²) in [4.78, 5) is 6.19. The normalized spacial score (nSPS) is 18.8. The lowest BCUT2D eigenvalue weighted by Crippen LogP contribution is -2.47. The number of hydrogen-bond acceptors (Lipinski definition) is 3. The SMILES string of the molecule is CN=C(NCC(C)(C)SC)NC1CCN(c2ccc(F)cc2F)C1. The predicted molar refractivity (Wildman–Crippen MR) is 99.1 cm³/mol. The fraction of sp³-hybridized carbons (Fsp3) is 0.588. The number of nitrogens with zero attached hydrogens (tertiary/aromatic N) is 2. The second-order valence-electron chi connectivity index (χ2n) is 6.56. The molecule has 134 valence electrons. The Balaban J connectivity index is 1.90. The van der Waals surface area contributed by atoms with Crippen LogP contribution in [0.5, 0.6) is 0 Å². The van der Waals surface area contributed by atoms with Gasteiger partial charge in [-0.25, -0.2) is 8.78 Å². The zero-order chi connectivity index (χ0) is 17.7. The predicted octanol–water partition coefficient (Wildman–Crippen LogP) is 2.85. The van der Waals surface area contributed by atoms with Crippen molar-refractivity contribution in [3.8, 4) is 0 Å². The van der Waals surface area contributed by atoms with E-state index in [0.717, 1.165) is 31.5 Å². The van der Waals surface area contributed by atoms with E-state index in [1.165, 1.54) is 12.1 Å². The van der Waals surface area contributed by atoms with Gasteiger partial charge in [-0.15, -0.1) is 0 Å². The van der Waals surface area contributed by atoms with Crippen LogP contribution < -0.4 is 15.5 Å². The lowest BCUT2D eigenvalue weighted by molar-refractivity contribution is 0.580. The molecule has 24 heavy (non-hydrogen) atoms. The molecule has 0 saturated carbocycles. The van der Waals surface area contributed by atoms with Crippen molar-refractivity contribution in [2.75, 3.05) is 37.8 Å². The molecule has 1 saturated heterocycles. The zero-order valence-electron chi connectivity index (χ0n) is 14.7. The number of benzene rings is 1. The van der Waals surface area contributed by atoms with Crippen LogP contribution in [0, 0.1) is 11.6 Å². The molecule has 2 N–H and O–H groups in total. The molecule has 0 radical (unpaired) electrons. The van der Waals surface area contributed by atoms with Crippen LogP contribution in [-0.4, -0.2) is 49.7 Å². The minimum Gasteiger partial charge on any atom is -0.367 e. The van der Waals surface area contributed by atoms with E-state index in [1.807, 2.05) is 4.90 Å². The number of anilines is 1. The molecule has 1 aliphatic heterocycles. The molecule has 0 aromatic heterocycles. The number of rotatable bonds is 5. The first-order chi connectivity index (χ1) is 11.3. The summed E-state index contributed by atoms with van der Waals surface area (Å²) in [5, 5.41) is 6.72. The summed E-state index contributed by atoms with van der Waals surface area (Å²) in [6.45, 7) is 6.54. The monoisotopic (exact) mass is 356 g/mol. The Kier molecular flexibility index (Phi) is 6.32. The van der Waals surface area contributed by atoms with Crippen LogP contribution in [0.3, 0.4) is 0 Å². The first kappa shape index (κ1) is 18.8. The van der Waals surface area contributed by atoms with Crippen LogP contribution in [0.15, 0.2) is 23.2 Å². The number of hydrogen-bond donors (Lipinski definition) is 2. The Hall–Kier alpha value is -1.50. The van der Waals surface area contributed by atoms with Crippen molar-refractivity contribution < 1.29 is 8.78 Å². The molecule has 7 heteroatoms. The van der Waals surface area contributed by atoms with E-state index >= 15 is 0 Å². The highest BCUT2D eigenvalue weighted by Gasteiger charge is 2.26. The van der Waals surface area contributed by atoms with Crippen molar-refractivity contribution >= 4 is 23.4 Å². The molecule has 1 fully saturated rings. The molecule has 0 aliphatic carbocycles. The van der Waals surface area contributed by atoms with Crippen molar-refractivity contribution in [1.82, 2.24) is 10.6 Å². The second-order valence-corrected chi connectivity index (χ2v) is 8.07. The van der Waals surface area contributed by atoms with Gasteiger partial charge in [-0.05, 0) is 38.7 Å². The van der Waals surface area contributed by atoms with Crippen molar-refractivity contribution in [2.24, 2.45) is 4.99 Å². The Labute approximate surface area is 147 Å². The van der Waals surface area contributed by atoms with Crippen molar-refractivity contribution in [1.29, 1.82) is 0 Å². The molecule has 0 spiro atoms. The van der Waals surface area contributed by atoms with Crippen molar-refractivity contribution in [2.45, 2.75) is 31.1 Å². The second kappa shape index (κ2) is 8.05. The zero-order valence-corrected chi connectivity index (χ0v) is 15.5. The van der Waals surface area contributed by atoms with E-state index in [0.29, 0.717) is 12.2 Å². The summed E-state index contributed by atoms with van der Waals surface area (Å²) in [6, 6.07) is 3.91. The smallest absolute Gasteiger partial charge is 0.191 e. The first-order valence-electron chi connectivity index (χ1n) is 8.07. The lowest BCUT2D eigenvalue weighted by Gasteiger charge is -2.25. The Bertz CT molecular complexity index is 592. The van der Waals surface area contributed by atoms with Crippen LogP contribution in [0.1, 0.15) is 20.3 Å². The van der Waals surface area contributed by atoms with E-state index < -0.39 is 11.6 Å².